The molecule has 0 aromatic heterocycles. The van der Waals surface area contributed by atoms with Crippen LogP contribution in [-0.2, 0) is 0 Å². The average Bonchev–Trinajstić information content (AvgIpc) is 3.00. The van der Waals surface area contributed by atoms with Crippen LogP contribution in [0.25, 0.3) is 0 Å². The van der Waals surface area contributed by atoms with Crippen molar-refractivity contribution in [1.29, 1.82) is 0 Å². The van der Waals surface area contributed by atoms with Gasteiger partial charge >= 0.3 is 0 Å². The summed E-state index contributed by atoms with van der Waals surface area (Å²) >= 11 is 0. The predicted molar refractivity (Wildman–Crippen MR) is 133 cm³/mol. The Kier molecular flexibility index (Phi) is 6.47. The van der Waals surface area contributed by atoms with E-state index in [1.807, 2.05) is 0 Å². The molecule has 4 rings (SSSR count). The van der Waals surface area contributed by atoms with Crippen molar-refractivity contribution in [3.63, 3.8) is 0 Å². The van der Waals surface area contributed by atoms with Crippen LogP contribution in [0.3, 0.4) is 0 Å². The topological polar surface area (TPSA) is 20.2 Å². The lowest BCUT2D eigenvalue weighted by molar-refractivity contribution is -0.179. The van der Waals surface area contributed by atoms with Crippen LogP contribution in [0.15, 0.2) is 0 Å². The summed E-state index contributed by atoms with van der Waals surface area (Å²) in [6, 6.07) is 0. The average molecular weight is 431 g/mol. The molecule has 4 saturated carbocycles. The molecule has 180 valence electrons. The van der Waals surface area contributed by atoms with Crippen LogP contribution in [0.4, 0.5) is 0 Å². The molecular weight excluding hydrogens is 376 g/mol. The third kappa shape index (κ3) is 3.57. The zero-order valence-electron chi connectivity index (χ0n) is 22.2. The Morgan fingerprint density at radius 2 is 1.39 bits per heavy atom. The highest BCUT2D eigenvalue weighted by atomic mass is 16.3. The first-order chi connectivity index (χ1) is 14.5. The van der Waals surface area contributed by atoms with E-state index >= 15 is 0 Å². The van der Waals surface area contributed by atoms with Gasteiger partial charge in [-0.3, -0.25) is 0 Å². The molecule has 0 spiro atoms. The number of hydrogen-bond acceptors (Lipinski definition) is 1. The molecule has 1 nitrogen and oxygen atoms in total. The molecule has 0 heterocycles. The molecule has 0 bridgehead atoms. The van der Waals surface area contributed by atoms with Crippen LogP contribution < -0.4 is 0 Å². The standard InChI is InChI=1S/C30H54O/c1-19(2)20(3)9-10-21(4)23-13-17-30(8)26-12-11-24-22(5)27(31)15-16-28(24,6)25(26)14-18-29(23,30)7/h19-27,31H,9-18H2,1-8H3/t20?,21-,22+,23-,24+,25+,26-,27+,28+,29-,30+/m1/s1. The lowest BCUT2D eigenvalue weighted by atomic mass is 9.39. The minimum Gasteiger partial charge on any atom is -0.393 e. The summed E-state index contributed by atoms with van der Waals surface area (Å²) in [7, 11) is 0. The Hall–Kier alpha value is -0.0400. The third-order valence-corrected chi connectivity index (χ3v) is 13.0. The zero-order chi connectivity index (χ0) is 22.8. The molecule has 4 aliphatic carbocycles. The molecule has 1 unspecified atom stereocenters. The maximum absolute atomic E-state index is 10.6. The van der Waals surface area contributed by atoms with Gasteiger partial charge in [-0.2, -0.15) is 0 Å². The van der Waals surface area contributed by atoms with Gasteiger partial charge in [0.05, 0.1) is 6.10 Å². The molecule has 0 radical (unpaired) electrons. The Morgan fingerprint density at radius 1 is 0.742 bits per heavy atom. The summed E-state index contributed by atoms with van der Waals surface area (Å²) in [5.74, 6) is 6.55. The van der Waals surface area contributed by atoms with Crippen molar-refractivity contribution in [1.82, 2.24) is 0 Å². The van der Waals surface area contributed by atoms with Crippen molar-refractivity contribution in [3.05, 3.63) is 0 Å². The van der Waals surface area contributed by atoms with Gasteiger partial charge in [-0.05, 0) is 115 Å². The second-order valence-electron chi connectivity index (χ2n) is 14.2. The van der Waals surface area contributed by atoms with Gasteiger partial charge in [0.2, 0.25) is 0 Å². The first-order valence-corrected chi connectivity index (χ1v) is 14.1. The van der Waals surface area contributed by atoms with Crippen molar-refractivity contribution in [3.8, 4) is 0 Å². The second-order valence-corrected chi connectivity index (χ2v) is 14.2. The maximum Gasteiger partial charge on any atom is 0.0568 e. The quantitative estimate of drug-likeness (QED) is 0.464. The fraction of sp³-hybridized carbons (Fsp3) is 1.00. The van der Waals surface area contributed by atoms with Crippen LogP contribution in [-0.4, -0.2) is 11.2 Å². The lowest BCUT2D eigenvalue weighted by Gasteiger charge is -2.66. The summed E-state index contributed by atoms with van der Waals surface area (Å²) in [6.45, 7) is 20.3. The fourth-order valence-corrected chi connectivity index (χ4v) is 10.1. The summed E-state index contributed by atoms with van der Waals surface area (Å²) in [6.07, 6.45) is 13.8. The van der Waals surface area contributed by atoms with Gasteiger partial charge in [0.15, 0.2) is 0 Å². The van der Waals surface area contributed by atoms with Crippen LogP contribution >= 0.6 is 0 Å². The maximum atomic E-state index is 10.6. The van der Waals surface area contributed by atoms with E-state index in [-0.39, 0.29) is 6.10 Å². The van der Waals surface area contributed by atoms with Crippen LogP contribution in [0.2, 0.25) is 0 Å². The van der Waals surface area contributed by atoms with Gasteiger partial charge < -0.3 is 5.11 Å². The van der Waals surface area contributed by atoms with Crippen LogP contribution in [0.5, 0.6) is 0 Å². The minimum absolute atomic E-state index is 0.0518. The van der Waals surface area contributed by atoms with Crippen molar-refractivity contribution >= 4 is 0 Å². The van der Waals surface area contributed by atoms with Gasteiger partial charge in [0.25, 0.3) is 0 Å². The first-order valence-electron chi connectivity index (χ1n) is 14.1. The molecule has 4 aliphatic rings. The predicted octanol–water partition coefficient (Wildman–Crippen LogP) is 8.35. The number of fused-ring (bicyclic) bond motifs is 5. The summed E-state index contributed by atoms with van der Waals surface area (Å²) in [5.41, 5.74) is 1.55. The van der Waals surface area contributed by atoms with E-state index in [0.29, 0.717) is 22.2 Å². The molecule has 0 aliphatic heterocycles. The van der Waals surface area contributed by atoms with Crippen molar-refractivity contribution in [2.75, 3.05) is 0 Å². The van der Waals surface area contributed by atoms with Crippen LogP contribution in [0, 0.1) is 63.6 Å². The molecule has 4 fully saturated rings. The third-order valence-electron chi connectivity index (χ3n) is 13.0. The highest BCUT2D eigenvalue weighted by Gasteiger charge is 2.66. The molecule has 0 aromatic rings. The van der Waals surface area contributed by atoms with Gasteiger partial charge in [0, 0.05) is 0 Å². The first kappa shape index (κ1) is 24.1. The van der Waals surface area contributed by atoms with Gasteiger partial charge in [-0.1, -0.05) is 68.2 Å². The minimum atomic E-state index is -0.0518. The SMILES string of the molecule is CC(C)C(C)CC[C@@H](C)[C@H]1CC[C@@]2(C)[C@@H]3CC[C@H]4[C@H](C)[C@@H](O)CC[C@]4(C)[C@H]3CC[C@]12C. The molecule has 0 amide bonds. The van der Waals surface area contributed by atoms with E-state index in [0.717, 1.165) is 47.8 Å². The molecule has 1 heteroatoms. The molecule has 11 atom stereocenters. The summed E-state index contributed by atoms with van der Waals surface area (Å²) in [5, 5.41) is 10.6. The molecule has 0 saturated heterocycles. The highest BCUT2D eigenvalue weighted by Crippen LogP contribution is 2.73. The van der Waals surface area contributed by atoms with E-state index in [1.54, 1.807) is 0 Å². The molecule has 0 aromatic carbocycles. The summed E-state index contributed by atoms with van der Waals surface area (Å²) in [4.78, 5) is 0. The Bertz CT molecular complexity index is 640. The van der Waals surface area contributed by atoms with E-state index in [1.165, 1.54) is 57.8 Å². The van der Waals surface area contributed by atoms with E-state index in [2.05, 4.69) is 55.4 Å². The van der Waals surface area contributed by atoms with Gasteiger partial charge in [-0.15, -0.1) is 0 Å². The number of hydrogen-bond donors (Lipinski definition) is 1. The van der Waals surface area contributed by atoms with Gasteiger partial charge in [-0.25, -0.2) is 0 Å². The number of aliphatic hydroxyl groups is 1. The fourth-order valence-electron chi connectivity index (χ4n) is 10.1. The second kappa shape index (κ2) is 8.32. The largest absolute Gasteiger partial charge is 0.393 e. The van der Waals surface area contributed by atoms with E-state index in [9.17, 15) is 5.11 Å². The number of aliphatic hydroxyl groups excluding tert-OH is 1. The Morgan fingerprint density at radius 3 is 2.06 bits per heavy atom. The lowest BCUT2D eigenvalue weighted by Crippen LogP contribution is -2.59. The number of rotatable bonds is 5. The van der Waals surface area contributed by atoms with Crippen molar-refractivity contribution in [2.45, 2.75) is 126 Å². The van der Waals surface area contributed by atoms with Crippen LogP contribution in [0.1, 0.15) is 120 Å². The molecule has 1 N–H and O–H groups in total. The van der Waals surface area contributed by atoms with Crippen molar-refractivity contribution < 1.29 is 5.11 Å². The van der Waals surface area contributed by atoms with Gasteiger partial charge in [0.1, 0.15) is 0 Å². The Labute approximate surface area is 194 Å². The van der Waals surface area contributed by atoms with E-state index < -0.39 is 0 Å². The normalized spacial score (nSPS) is 51.7. The van der Waals surface area contributed by atoms with E-state index in [4.69, 9.17) is 0 Å². The highest BCUT2D eigenvalue weighted by molar-refractivity contribution is 5.15. The zero-order valence-corrected chi connectivity index (χ0v) is 22.2. The molecule has 31 heavy (non-hydrogen) atoms. The monoisotopic (exact) mass is 430 g/mol. The summed E-state index contributed by atoms with van der Waals surface area (Å²) < 4.78 is 0. The van der Waals surface area contributed by atoms with Crippen molar-refractivity contribution in [2.24, 2.45) is 63.6 Å². The smallest absolute Gasteiger partial charge is 0.0568 e. The Balaban J connectivity index is 1.53. The molecular formula is C30H54O.